The number of urea groups is 1. The number of likely N-dealkylation sites (N-methyl/N-ethyl adjacent to an activating group) is 1. The van der Waals surface area contributed by atoms with E-state index in [0.29, 0.717) is 13.1 Å². The van der Waals surface area contributed by atoms with Gasteiger partial charge in [-0.25, -0.2) is 4.79 Å². The third kappa shape index (κ3) is 7.46. The quantitative estimate of drug-likeness (QED) is 0.574. The van der Waals surface area contributed by atoms with Crippen molar-refractivity contribution in [1.82, 2.24) is 20.9 Å². The molecule has 0 radical (unpaired) electrons. The summed E-state index contributed by atoms with van der Waals surface area (Å²) in [5.41, 5.74) is 2.03. The normalized spacial score (nSPS) is 11.6. The summed E-state index contributed by atoms with van der Waals surface area (Å²) in [7, 11) is 5.56. The lowest BCUT2D eigenvalue weighted by molar-refractivity contribution is -0.121. The van der Waals surface area contributed by atoms with Crippen LogP contribution in [0, 0.1) is 0 Å². The molecule has 156 valence electrons. The number of para-hydroxylation sites is 1. The lowest BCUT2D eigenvalue weighted by atomic mass is 10.0. The zero-order valence-electron chi connectivity index (χ0n) is 17.3. The van der Waals surface area contributed by atoms with Gasteiger partial charge >= 0.3 is 6.03 Å². The molecular formula is C22H30N4O3. The molecule has 0 aliphatic rings. The van der Waals surface area contributed by atoms with Crippen LogP contribution in [0.5, 0.6) is 5.75 Å². The first-order chi connectivity index (χ1) is 14.0. The van der Waals surface area contributed by atoms with E-state index in [4.69, 9.17) is 4.74 Å². The highest BCUT2D eigenvalue weighted by Crippen LogP contribution is 2.27. The number of carbonyl (C=O) groups is 2. The van der Waals surface area contributed by atoms with E-state index in [1.807, 2.05) is 73.6 Å². The monoisotopic (exact) mass is 398 g/mol. The third-order valence-corrected chi connectivity index (χ3v) is 4.55. The molecular weight excluding hydrogens is 368 g/mol. The minimum atomic E-state index is -0.290. The second-order valence-electron chi connectivity index (χ2n) is 6.87. The van der Waals surface area contributed by atoms with Crippen LogP contribution in [0.3, 0.4) is 0 Å². The van der Waals surface area contributed by atoms with Gasteiger partial charge < -0.3 is 25.6 Å². The molecule has 2 rings (SSSR count). The summed E-state index contributed by atoms with van der Waals surface area (Å²) >= 11 is 0. The molecule has 7 nitrogen and oxygen atoms in total. The molecule has 0 saturated carbocycles. The highest BCUT2D eigenvalue weighted by atomic mass is 16.5. The van der Waals surface area contributed by atoms with Crippen molar-refractivity contribution in [1.29, 1.82) is 0 Å². The fraction of sp³-hybridized carbons (Fsp3) is 0.364. The number of hydrogen-bond donors (Lipinski definition) is 3. The van der Waals surface area contributed by atoms with E-state index in [1.54, 1.807) is 7.11 Å². The fourth-order valence-corrected chi connectivity index (χ4v) is 2.94. The average Bonchev–Trinajstić information content (AvgIpc) is 2.73. The van der Waals surface area contributed by atoms with Gasteiger partial charge in [-0.05, 0) is 25.7 Å². The molecule has 2 aromatic rings. The van der Waals surface area contributed by atoms with Crippen molar-refractivity contribution in [2.45, 2.75) is 19.0 Å². The van der Waals surface area contributed by atoms with Crippen molar-refractivity contribution in [2.75, 3.05) is 34.3 Å². The Labute approximate surface area is 172 Å². The zero-order valence-corrected chi connectivity index (χ0v) is 17.3. The molecule has 0 saturated heterocycles. The minimum Gasteiger partial charge on any atom is -0.496 e. The summed E-state index contributed by atoms with van der Waals surface area (Å²) < 4.78 is 5.44. The molecule has 3 N–H and O–H groups in total. The van der Waals surface area contributed by atoms with Gasteiger partial charge in [-0.15, -0.1) is 0 Å². The Hall–Kier alpha value is -3.06. The lowest BCUT2D eigenvalue weighted by Crippen LogP contribution is -2.39. The number of nitrogens with zero attached hydrogens (tertiary/aromatic N) is 1. The van der Waals surface area contributed by atoms with E-state index in [9.17, 15) is 9.59 Å². The predicted octanol–water partition coefficient (Wildman–Crippen LogP) is 2.30. The molecule has 0 bridgehead atoms. The molecule has 1 atom stereocenters. The number of ether oxygens (including phenoxy) is 1. The molecule has 2 aromatic carbocycles. The number of nitrogens with one attached hydrogen (secondary N) is 3. The van der Waals surface area contributed by atoms with Gasteiger partial charge in [0.05, 0.1) is 13.2 Å². The number of rotatable bonds is 10. The van der Waals surface area contributed by atoms with Crippen LogP contribution in [-0.4, -0.2) is 51.1 Å². The minimum absolute atomic E-state index is 0.0165. The fourth-order valence-electron chi connectivity index (χ4n) is 2.94. The Morgan fingerprint density at radius 2 is 1.66 bits per heavy atom. The second-order valence-corrected chi connectivity index (χ2v) is 6.87. The topological polar surface area (TPSA) is 82.7 Å². The number of amides is 3. The van der Waals surface area contributed by atoms with Crippen molar-refractivity contribution in [2.24, 2.45) is 0 Å². The van der Waals surface area contributed by atoms with Crippen molar-refractivity contribution >= 4 is 11.9 Å². The van der Waals surface area contributed by atoms with Gasteiger partial charge in [-0.2, -0.15) is 0 Å². The largest absolute Gasteiger partial charge is 0.496 e. The number of carbonyl (C=O) groups excluding carboxylic acids is 2. The summed E-state index contributed by atoms with van der Waals surface area (Å²) in [5.74, 6) is 0.673. The smallest absolute Gasteiger partial charge is 0.315 e. The van der Waals surface area contributed by atoms with Crippen LogP contribution in [0.15, 0.2) is 54.6 Å². The van der Waals surface area contributed by atoms with E-state index in [0.717, 1.165) is 16.9 Å². The van der Waals surface area contributed by atoms with E-state index < -0.39 is 0 Å². The van der Waals surface area contributed by atoms with Crippen LogP contribution >= 0.6 is 0 Å². The van der Waals surface area contributed by atoms with Gasteiger partial charge in [0.15, 0.2) is 0 Å². The number of hydrogen-bond acceptors (Lipinski definition) is 4. The molecule has 29 heavy (non-hydrogen) atoms. The van der Waals surface area contributed by atoms with E-state index in [2.05, 4.69) is 16.0 Å². The highest BCUT2D eigenvalue weighted by Gasteiger charge is 2.18. The zero-order chi connectivity index (χ0) is 21.1. The predicted molar refractivity (Wildman–Crippen MR) is 114 cm³/mol. The van der Waals surface area contributed by atoms with Gasteiger partial charge in [0.1, 0.15) is 5.75 Å². The van der Waals surface area contributed by atoms with Crippen LogP contribution in [0.4, 0.5) is 4.79 Å². The van der Waals surface area contributed by atoms with Gasteiger partial charge in [0.2, 0.25) is 5.91 Å². The SMILES string of the molecule is COc1ccccc1C(CNC(=O)CCNC(=O)NCc1ccccc1)N(C)C. The summed E-state index contributed by atoms with van der Waals surface area (Å²) in [6.45, 7) is 1.17. The van der Waals surface area contributed by atoms with Crippen LogP contribution in [0.2, 0.25) is 0 Å². The Kier molecular flexibility index (Phi) is 8.98. The Balaban J connectivity index is 1.73. The summed E-state index contributed by atoms with van der Waals surface area (Å²) in [6.07, 6.45) is 0.213. The van der Waals surface area contributed by atoms with E-state index in [-0.39, 0.29) is 30.9 Å². The van der Waals surface area contributed by atoms with Gasteiger partial charge in [0.25, 0.3) is 0 Å². The maximum Gasteiger partial charge on any atom is 0.315 e. The highest BCUT2D eigenvalue weighted by molar-refractivity contribution is 5.78. The lowest BCUT2D eigenvalue weighted by Gasteiger charge is -2.26. The Morgan fingerprint density at radius 3 is 2.34 bits per heavy atom. The molecule has 0 heterocycles. The van der Waals surface area contributed by atoms with Gasteiger partial charge in [0, 0.05) is 31.6 Å². The first kappa shape index (κ1) is 22.2. The van der Waals surface area contributed by atoms with Crippen molar-refractivity contribution in [3.63, 3.8) is 0 Å². The van der Waals surface area contributed by atoms with E-state index in [1.165, 1.54) is 0 Å². The van der Waals surface area contributed by atoms with Crippen LogP contribution in [0.1, 0.15) is 23.6 Å². The van der Waals surface area contributed by atoms with Crippen LogP contribution < -0.4 is 20.7 Å². The van der Waals surface area contributed by atoms with Crippen LogP contribution in [-0.2, 0) is 11.3 Å². The molecule has 0 fully saturated rings. The maximum atomic E-state index is 12.2. The molecule has 0 aliphatic carbocycles. The second kappa shape index (κ2) is 11.7. The molecule has 0 aromatic heterocycles. The Morgan fingerprint density at radius 1 is 0.966 bits per heavy atom. The number of methoxy groups -OCH3 is 1. The maximum absolute atomic E-state index is 12.2. The first-order valence-electron chi connectivity index (χ1n) is 9.63. The van der Waals surface area contributed by atoms with Crippen molar-refractivity contribution < 1.29 is 14.3 Å². The van der Waals surface area contributed by atoms with E-state index >= 15 is 0 Å². The van der Waals surface area contributed by atoms with Gasteiger partial charge in [-0.1, -0.05) is 48.5 Å². The first-order valence-corrected chi connectivity index (χ1v) is 9.63. The standard InChI is InChI=1S/C22H30N4O3/c1-26(2)19(18-11-7-8-12-20(18)29-3)16-24-21(27)13-14-23-22(28)25-15-17-9-5-4-6-10-17/h4-12,19H,13-16H2,1-3H3,(H,24,27)(H2,23,25,28). The van der Waals surface area contributed by atoms with Crippen molar-refractivity contribution in [3.05, 3.63) is 65.7 Å². The van der Waals surface area contributed by atoms with Gasteiger partial charge in [-0.3, -0.25) is 4.79 Å². The number of benzene rings is 2. The van der Waals surface area contributed by atoms with Crippen molar-refractivity contribution in [3.8, 4) is 5.75 Å². The summed E-state index contributed by atoms with van der Waals surface area (Å²) in [4.78, 5) is 26.1. The summed E-state index contributed by atoms with van der Waals surface area (Å²) in [5, 5.41) is 8.41. The molecule has 0 aliphatic heterocycles. The third-order valence-electron chi connectivity index (χ3n) is 4.55. The summed E-state index contributed by atoms with van der Waals surface area (Å²) in [6, 6.07) is 17.1. The molecule has 7 heteroatoms. The molecule has 3 amide bonds. The molecule has 1 unspecified atom stereocenters. The average molecular weight is 399 g/mol. The molecule has 0 spiro atoms. The van der Waals surface area contributed by atoms with Crippen LogP contribution in [0.25, 0.3) is 0 Å². The Bertz CT molecular complexity index is 781.